The van der Waals surface area contributed by atoms with Gasteiger partial charge in [-0.3, -0.25) is 0 Å². The molecule has 7 nitrogen and oxygen atoms in total. The predicted molar refractivity (Wildman–Crippen MR) is 464 cm³/mol. The Kier molecular flexibility index (Phi) is 18.3. The second-order valence-electron chi connectivity index (χ2n) is 27.8. The van der Waals surface area contributed by atoms with Gasteiger partial charge in [0.05, 0.1) is 33.8 Å². The van der Waals surface area contributed by atoms with Gasteiger partial charge in [-0.1, -0.05) is 413 Å². The van der Waals surface area contributed by atoms with Crippen LogP contribution in [0.1, 0.15) is 0 Å². The normalized spacial score (nSPS) is 11.2. The standard InChI is InChI=1S/C53H35N3.C52H34N4/c1-5-15-38(16-6-1)45-24-14-26-47-50-44(23-13-25-46(50)51(56-52(45)47)42-19-9-3-10-20-42)39-31-27-36(28-32-39)37-29-33-41(34-30-37)49-35-48(40-17-7-2-8-18-40)54-53(55-49)43-21-11-4-12-22-43;1-5-15-37(16-6-1)44-24-14-26-46-47-43(23-13-25-45(47)48(53-49(44)46)39-17-7-2-8-18-39)38-31-27-35(28-32-38)36-29-33-42(34-30-36)52-55-50(40-19-9-3-10-20-40)54-51(56-52)41-21-11-4-12-22-41/h1-35H;1-34H. The molecule has 20 aromatic rings. The maximum Gasteiger partial charge on any atom is 0.164 e. The molecule has 524 valence electrons. The molecular formula is C105H69N7. The third-order valence-corrected chi connectivity index (χ3v) is 20.9. The van der Waals surface area contributed by atoms with Gasteiger partial charge in [-0.25, -0.2) is 34.9 Å². The van der Waals surface area contributed by atoms with Crippen molar-refractivity contribution in [1.82, 2.24) is 34.9 Å². The van der Waals surface area contributed by atoms with Gasteiger partial charge in [-0.2, -0.15) is 0 Å². The molecule has 0 fully saturated rings. The Labute approximate surface area is 650 Å². The lowest BCUT2D eigenvalue weighted by molar-refractivity contribution is 1.07. The van der Waals surface area contributed by atoms with E-state index in [4.69, 9.17) is 34.9 Å². The minimum Gasteiger partial charge on any atom is -0.246 e. The highest BCUT2D eigenvalue weighted by Gasteiger charge is 2.21. The molecule has 4 heterocycles. The number of hydrogen-bond donors (Lipinski definition) is 0. The third-order valence-electron chi connectivity index (χ3n) is 20.9. The summed E-state index contributed by atoms with van der Waals surface area (Å²) in [5.74, 6) is 2.66. The van der Waals surface area contributed by atoms with Crippen LogP contribution < -0.4 is 0 Å². The molecule has 0 bridgehead atoms. The van der Waals surface area contributed by atoms with Crippen molar-refractivity contribution in [3.05, 3.63) is 419 Å². The molecule has 7 heteroatoms. The van der Waals surface area contributed by atoms with E-state index in [1.165, 1.54) is 21.9 Å². The lowest BCUT2D eigenvalue weighted by Crippen LogP contribution is -2.00. The van der Waals surface area contributed by atoms with Crippen LogP contribution in [0.4, 0.5) is 0 Å². The summed E-state index contributed by atoms with van der Waals surface area (Å²) < 4.78 is 0. The minimum absolute atomic E-state index is 0.641. The molecule has 0 saturated heterocycles. The molecule has 0 saturated carbocycles. The Morgan fingerprint density at radius 3 is 0.688 bits per heavy atom. The fraction of sp³-hybridized carbons (Fsp3) is 0. The van der Waals surface area contributed by atoms with Crippen LogP contribution in [-0.2, 0) is 0 Å². The number of benzene rings is 16. The number of pyridine rings is 2. The Morgan fingerprint density at radius 1 is 0.134 bits per heavy atom. The monoisotopic (exact) mass is 1430 g/mol. The van der Waals surface area contributed by atoms with E-state index in [2.05, 4.69) is 322 Å². The molecule has 16 aromatic carbocycles. The Bertz CT molecular complexity index is 6230. The van der Waals surface area contributed by atoms with Crippen molar-refractivity contribution >= 4 is 43.4 Å². The van der Waals surface area contributed by atoms with Crippen molar-refractivity contribution in [2.75, 3.05) is 0 Å². The van der Waals surface area contributed by atoms with Crippen molar-refractivity contribution in [3.63, 3.8) is 0 Å². The van der Waals surface area contributed by atoms with Crippen molar-refractivity contribution in [3.8, 4) is 157 Å². The number of hydrogen-bond acceptors (Lipinski definition) is 7. The number of aromatic nitrogens is 7. The maximum atomic E-state index is 5.40. The summed E-state index contributed by atoms with van der Waals surface area (Å²) in [5.41, 5.74) is 27.7. The smallest absolute Gasteiger partial charge is 0.164 e. The molecular weight excluding hydrogens is 1360 g/mol. The van der Waals surface area contributed by atoms with Gasteiger partial charge in [0.25, 0.3) is 0 Å². The Hall–Kier alpha value is -15.1. The molecule has 0 aliphatic heterocycles. The number of nitrogens with zero attached hydrogens (tertiary/aromatic N) is 7. The van der Waals surface area contributed by atoms with Crippen molar-refractivity contribution < 1.29 is 0 Å². The van der Waals surface area contributed by atoms with E-state index >= 15 is 0 Å². The van der Waals surface area contributed by atoms with E-state index in [1.807, 2.05) is 97.1 Å². The van der Waals surface area contributed by atoms with E-state index in [-0.39, 0.29) is 0 Å². The van der Waals surface area contributed by atoms with Gasteiger partial charge >= 0.3 is 0 Å². The fourth-order valence-corrected chi connectivity index (χ4v) is 15.3. The van der Waals surface area contributed by atoms with Crippen molar-refractivity contribution in [2.45, 2.75) is 0 Å². The summed E-state index contributed by atoms with van der Waals surface area (Å²) in [6.07, 6.45) is 0. The Balaban J connectivity index is 0.000000151. The summed E-state index contributed by atoms with van der Waals surface area (Å²) in [7, 11) is 0. The summed E-state index contributed by atoms with van der Waals surface area (Å²) in [6, 6.07) is 146. The molecule has 0 aliphatic carbocycles. The van der Waals surface area contributed by atoms with Gasteiger partial charge in [0.2, 0.25) is 0 Å². The largest absolute Gasteiger partial charge is 0.246 e. The second-order valence-corrected chi connectivity index (χ2v) is 27.8. The average molecular weight is 1430 g/mol. The zero-order valence-electron chi connectivity index (χ0n) is 61.0. The molecule has 4 aromatic heterocycles. The number of rotatable bonds is 14. The maximum absolute atomic E-state index is 5.40. The highest BCUT2D eigenvalue weighted by Crippen LogP contribution is 2.45. The van der Waals surface area contributed by atoms with E-state index in [0.717, 1.165) is 155 Å². The van der Waals surface area contributed by atoms with Crippen LogP contribution in [0.15, 0.2) is 419 Å². The first-order valence-corrected chi connectivity index (χ1v) is 37.8. The quantitative estimate of drug-likeness (QED) is 0.100. The van der Waals surface area contributed by atoms with Crippen LogP contribution >= 0.6 is 0 Å². The van der Waals surface area contributed by atoms with Crippen molar-refractivity contribution in [1.29, 1.82) is 0 Å². The molecule has 112 heavy (non-hydrogen) atoms. The molecule has 0 radical (unpaired) electrons. The zero-order valence-corrected chi connectivity index (χ0v) is 61.0. The molecule has 0 unspecified atom stereocenters. The molecule has 0 aliphatic rings. The van der Waals surface area contributed by atoms with Crippen LogP contribution in [0, 0.1) is 0 Å². The summed E-state index contributed by atoms with van der Waals surface area (Å²) in [4.78, 5) is 35.5. The minimum atomic E-state index is 0.641. The molecule has 0 spiro atoms. The van der Waals surface area contributed by atoms with Gasteiger partial charge in [0.15, 0.2) is 23.3 Å². The average Bonchev–Trinajstić information content (AvgIpc) is 0.739. The molecule has 0 N–H and O–H groups in total. The Morgan fingerprint density at radius 2 is 0.357 bits per heavy atom. The van der Waals surface area contributed by atoms with E-state index in [0.29, 0.717) is 23.3 Å². The molecule has 20 rings (SSSR count). The highest BCUT2D eigenvalue weighted by atomic mass is 15.0. The summed E-state index contributed by atoms with van der Waals surface area (Å²) >= 11 is 0. The predicted octanol–water partition coefficient (Wildman–Crippen LogP) is 27.1. The van der Waals surface area contributed by atoms with Crippen LogP contribution in [0.5, 0.6) is 0 Å². The third kappa shape index (κ3) is 13.5. The van der Waals surface area contributed by atoms with E-state index in [1.54, 1.807) is 0 Å². The summed E-state index contributed by atoms with van der Waals surface area (Å²) in [6.45, 7) is 0. The first-order chi connectivity index (χ1) is 55.5. The van der Waals surface area contributed by atoms with Crippen LogP contribution in [0.25, 0.3) is 201 Å². The second kappa shape index (κ2) is 30.3. The van der Waals surface area contributed by atoms with E-state index in [9.17, 15) is 0 Å². The van der Waals surface area contributed by atoms with Crippen LogP contribution in [-0.4, -0.2) is 34.9 Å². The molecule has 0 amide bonds. The van der Waals surface area contributed by atoms with Gasteiger partial charge in [-0.15, -0.1) is 0 Å². The topological polar surface area (TPSA) is 90.2 Å². The number of fused-ring (bicyclic) bond motifs is 6. The zero-order chi connectivity index (χ0) is 74.5. The fourth-order valence-electron chi connectivity index (χ4n) is 15.3. The van der Waals surface area contributed by atoms with Crippen LogP contribution in [0.3, 0.4) is 0 Å². The highest BCUT2D eigenvalue weighted by molar-refractivity contribution is 6.21. The lowest BCUT2D eigenvalue weighted by Gasteiger charge is -2.16. The first-order valence-electron chi connectivity index (χ1n) is 37.8. The summed E-state index contributed by atoms with van der Waals surface area (Å²) in [5, 5.41) is 6.97. The van der Waals surface area contributed by atoms with Gasteiger partial charge in [-0.05, 0) is 61.7 Å². The number of para-hydroxylation sites is 2. The van der Waals surface area contributed by atoms with Gasteiger partial charge in [0, 0.05) is 88.0 Å². The van der Waals surface area contributed by atoms with Gasteiger partial charge < -0.3 is 0 Å². The SMILES string of the molecule is c1ccc(-c2cc(-c3ccc(-c4ccc(-c5cccc6c(-c7ccccc7)nc7c(-c8ccccc8)cccc7c56)cc4)cc3)nc(-c3ccccc3)n2)cc1.c1ccc(-c2nc(-c3ccccc3)nc(-c3ccc(-c4ccc(-c5cccc6c(-c7ccccc7)nc7c(-c8ccccc8)cccc7c56)cc4)cc3)n2)cc1. The van der Waals surface area contributed by atoms with Gasteiger partial charge in [0.1, 0.15) is 0 Å². The molecule has 0 atom stereocenters. The first kappa shape index (κ1) is 67.5. The van der Waals surface area contributed by atoms with E-state index < -0.39 is 0 Å². The van der Waals surface area contributed by atoms with Crippen molar-refractivity contribution in [2.24, 2.45) is 0 Å². The lowest BCUT2D eigenvalue weighted by atomic mass is 9.90. The van der Waals surface area contributed by atoms with Crippen LogP contribution in [0.2, 0.25) is 0 Å².